The van der Waals surface area contributed by atoms with Crippen molar-refractivity contribution in [2.24, 2.45) is 0 Å². The summed E-state index contributed by atoms with van der Waals surface area (Å²) < 4.78 is 8.46. The van der Waals surface area contributed by atoms with Crippen molar-refractivity contribution in [3.8, 4) is 0 Å². The molecule has 0 radical (unpaired) electrons. The maximum absolute atomic E-state index is 8.46. The molecular weight excluding hydrogens is 220 g/mol. The maximum atomic E-state index is 8.46. The molecule has 0 aromatic carbocycles. The molecule has 13 heavy (non-hydrogen) atoms. The molecule has 0 aliphatic carbocycles. The van der Waals surface area contributed by atoms with Gasteiger partial charge >= 0.3 is 38.2 Å². The monoisotopic (exact) mass is 227 g/mol. The van der Waals surface area contributed by atoms with Crippen LogP contribution in [0, 0.1) is 6.54 Å². The van der Waals surface area contributed by atoms with E-state index in [2.05, 4.69) is 22.1 Å². The zero-order chi connectivity index (χ0) is 9.23. The van der Waals surface area contributed by atoms with Gasteiger partial charge in [0.25, 0.3) is 0 Å². The number of hydrogen-bond acceptors (Lipinski definition) is 5. The quantitative estimate of drug-likeness (QED) is 0.373. The fraction of sp³-hybridized carbons (Fsp3) is 0. The van der Waals surface area contributed by atoms with Crippen LogP contribution >= 0.6 is 20.0 Å². The molecule has 0 fully saturated rings. The van der Waals surface area contributed by atoms with E-state index in [0.717, 1.165) is 5.13 Å². The molecule has 0 unspecified atom stereocenters. The van der Waals surface area contributed by atoms with E-state index in [1.165, 1.54) is 11.3 Å². The first-order chi connectivity index (χ1) is 5.85. The van der Waals surface area contributed by atoms with Crippen LogP contribution in [-0.2, 0) is 4.57 Å². The first kappa shape index (κ1) is 15.5. The Bertz CT molecular complexity index is 222. The number of rotatable bonds is 3. The Morgan fingerprint density at radius 2 is 2.46 bits per heavy atom. The molecule has 1 aromatic rings. The molecule has 1 heterocycles. The summed E-state index contributed by atoms with van der Waals surface area (Å²) in [4.78, 5) is 6.99. The molecule has 66 valence electrons. The van der Waals surface area contributed by atoms with Crippen LogP contribution in [-0.4, -0.2) is 15.1 Å². The van der Waals surface area contributed by atoms with E-state index in [9.17, 15) is 0 Å². The third kappa shape index (κ3) is 9.95. The molecule has 0 amide bonds. The Labute approximate surface area is 104 Å². The molecule has 8 heteroatoms. The molecule has 5 nitrogen and oxygen atoms in total. The van der Waals surface area contributed by atoms with Crippen molar-refractivity contribution in [1.29, 1.82) is 0 Å². The Balaban J connectivity index is 0. The van der Waals surface area contributed by atoms with Crippen LogP contribution in [0.25, 0.3) is 0 Å². The minimum absolute atomic E-state index is 0. The van der Waals surface area contributed by atoms with Gasteiger partial charge in [0.05, 0.1) is 0 Å². The molecule has 0 bridgehead atoms. The zero-order valence-electron chi connectivity index (χ0n) is 7.04. The summed E-state index contributed by atoms with van der Waals surface area (Å²) in [5.74, 6) is 0. The molecule has 1 aromatic heterocycles. The molecule has 0 aliphatic rings. The Morgan fingerprint density at radius 1 is 1.85 bits per heavy atom. The van der Waals surface area contributed by atoms with E-state index in [1.54, 1.807) is 18.1 Å². The number of nitrogens with one attached hydrogen (secondary N) is 1. The average molecular weight is 227 g/mol. The molecule has 1 rings (SSSR count). The fourth-order valence-electron chi connectivity index (χ4n) is 0.366. The smallest absolute Gasteiger partial charge is 0.415 e. The Hall–Kier alpha value is 0.0300. The van der Waals surface area contributed by atoms with E-state index in [-0.39, 0.29) is 29.6 Å². The van der Waals surface area contributed by atoms with Gasteiger partial charge in [0.2, 0.25) is 0 Å². The SMILES string of the molecule is C=C[CH-]Nc1nncs1.O=PO.[Na+]. The van der Waals surface area contributed by atoms with Crippen LogP contribution in [0.1, 0.15) is 0 Å². The van der Waals surface area contributed by atoms with Gasteiger partial charge in [0, 0.05) is 0 Å². The molecule has 0 saturated carbocycles. The summed E-state index contributed by atoms with van der Waals surface area (Å²) in [5, 5.41) is 11.0. The van der Waals surface area contributed by atoms with Gasteiger partial charge in [-0.05, 0) is 0 Å². The zero-order valence-corrected chi connectivity index (χ0v) is 10.8. The summed E-state index contributed by atoms with van der Waals surface area (Å²) >= 11 is 1.45. The minimum atomic E-state index is -0.833. The van der Waals surface area contributed by atoms with Crippen molar-refractivity contribution in [3.05, 3.63) is 24.7 Å². The number of anilines is 1. The van der Waals surface area contributed by atoms with E-state index in [1.807, 2.05) is 0 Å². The summed E-state index contributed by atoms with van der Waals surface area (Å²) in [6.07, 6.45) is 1.65. The Morgan fingerprint density at radius 3 is 2.85 bits per heavy atom. The normalized spacial score (nSPS) is 7.46. The topological polar surface area (TPSA) is 75.1 Å². The predicted molar refractivity (Wildman–Crippen MR) is 47.9 cm³/mol. The second kappa shape index (κ2) is 12.0. The van der Waals surface area contributed by atoms with Crippen LogP contribution in [0.15, 0.2) is 18.2 Å². The number of hydrogen-bond donors (Lipinski definition) is 2. The van der Waals surface area contributed by atoms with Crippen LogP contribution in [0.2, 0.25) is 0 Å². The van der Waals surface area contributed by atoms with Gasteiger partial charge in [-0.15, -0.1) is 16.7 Å². The second-order valence-electron chi connectivity index (χ2n) is 1.37. The van der Waals surface area contributed by atoms with Crippen LogP contribution in [0.5, 0.6) is 0 Å². The van der Waals surface area contributed by atoms with E-state index < -0.39 is 8.69 Å². The molecule has 2 N–H and O–H groups in total. The molecule has 0 saturated heterocycles. The number of aromatic nitrogens is 2. The largest absolute Gasteiger partial charge is 1.00 e. The molecule has 0 spiro atoms. The summed E-state index contributed by atoms with van der Waals surface area (Å²) in [5.41, 5.74) is 1.67. The van der Waals surface area contributed by atoms with Gasteiger partial charge in [-0.3, -0.25) is 0 Å². The van der Waals surface area contributed by atoms with E-state index in [4.69, 9.17) is 9.46 Å². The van der Waals surface area contributed by atoms with Gasteiger partial charge in [0.1, 0.15) is 5.51 Å². The summed E-state index contributed by atoms with van der Waals surface area (Å²) in [6.45, 7) is 5.21. The maximum Gasteiger partial charge on any atom is 1.00 e. The van der Waals surface area contributed by atoms with Crippen molar-refractivity contribution in [2.75, 3.05) is 5.32 Å². The van der Waals surface area contributed by atoms with Crippen molar-refractivity contribution in [3.63, 3.8) is 0 Å². The van der Waals surface area contributed by atoms with Gasteiger partial charge in [0.15, 0.2) is 5.13 Å². The van der Waals surface area contributed by atoms with Gasteiger partial charge < -0.3 is 10.2 Å². The molecule has 0 atom stereocenters. The van der Waals surface area contributed by atoms with Gasteiger partial charge in [-0.25, -0.2) is 17.2 Å². The average Bonchev–Trinajstić information content (AvgIpc) is 2.54. The Kier molecular flexibility index (Phi) is 14.3. The summed E-state index contributed by atoms with van der Waals surface area (Å²) in [6, 6.07) is 0. The standard InChI is InChI=1S/C5H6N3S.Na.HO2P/c1-2-3-6-5-8-7-4-9-5;;1-3-2/h2-4H,1H2,(H,6,8);;(H,1,2)/q-1;+1;. The van der Waals surface area contributed by atoms with Gasteiger partial charge in [-0.2, -0.15) is 0 Å². The minimum Gasteiger partial charge on any atom is -0.415 e. The second-order valence-corrected chi connectivity index (χ2v) is 2.37. The number of nitrogens with zero attached hydrogens (tertiary/aromatic N) is 2. The first-order valence-corrected chi connectivity index (χ1v) is 4.43. The van der Waals surface area contributed by atoms with Crippen molar-refractivity contribution < 1.29 is 39.0 Å². The predicted octanol–water partition coefficient (Wildman–Crippen LogP) is -1.51. The molecule has 0 aliphatic heterocycles. The van der Waals surface area contributed by atoms with E-state index in [0.29, 0.717) is 0 Å². The van der Waals surface area contributed by atoms with Crippen molar-refractivity contribution in [1.82, 2.24) is 10.2 Å². The fourth-order valence-corrected chi connectivity index (χ4v) is 0.791. The van der Waals surface area contributed by atoms with Crippen molar-refractivity contribution >= 4 is 25.2 Å². The van der Waals surface area contributed by atoms with Crippen LogP contribution < -0.4 is 34.9 Å². The van der Waals surface area contributed by atoms with Crippen LogP contribution in [0.3, 0.4) is 0 Å². The third-order valence-corrected chi connectivity index (χ3v) is 1.31. The van der Waals surface area contributed by atoms with Gasteiger partial charge in [-0.1, -0.05) is 11.3 Å². The van der Waals surface area contributed by atoms with Crippen molar-refractivity contribution in [2.45, 2.75) is 0 Å². The summed E-state index contributed by atoms with van der Waals surface area (Å²) in [7, 11) is -0.833. The third-order valence-electron chi connectivity index (χ3n) is 0.685. The van der Waals surface area contributed by atoms with E-state index >= 15 is 0 Å². The van der Waals surface area contributed by atoms with Crippen LogP contribution in [0.4, 0.5) is 5.13 Å². The first-order valence-electron chi connectivity index (χ1n) is 2.78. The molecular formula is C5H7N3NaO2PS.